The molecule has 2 atom stereocenters. The van der Waals surface area contributed by atoms with Crippen molar-refractivity contribution in [2.45, 2.75) is 13.8 Å². The molecular weight excluding hydrogens is 448 g/mol. The number of allylic oxidation sites excluding steroid dienone is 1. The molecule has 2 unspecified atom stereocenters. The van der Waals surface area contributed by atoms with Crippen molar-refractivity contribution in [1.29, 1.82) is 0 Å². The van der Waals surface area contributed by atoms with Crippen LogP contribution in [0.25, 0.3) is 0 Å². The van der Waals surface area contributed by atoms with Gasteiger partial charge in [0.2, 0.25) is 0 Å². The van der Waals surface area contributed by atoms with Gasteiger partial charge in [-0.25, -0.2) is 8.78 Å². The molecule has 4 heteroatoms. The largest absolute Gasteiger partial charge is 0.206 e. The molecule has 4 rings (SSSR count). The van der Waals surface area contributed by atoms with Crippen LogP contribution in [0.5, 0.6) is 0 Å². The highest BCUT2D eigenvalue weighted by atomic mass is 31.1. The molecule has 0 bridgehead atoms. The molecule has 0 radical (unpaired) electrons. The van der Waals surface area contributed by atoms with Gasteiger partial charge in [0.05, 0.1) is 0 Å². The highest BCUT2D eigenvalue weighted by Gasteiger charge is 2.26. The van der Waals surface area contributed by atoms with E-state index in [4.69, 9.17) is 0 Å². The third-order valence-corrected chi connectivity index (χ3v) is 10.7. The van der Waals surface area contributed by atoms with Gasteiger partial charge in [0.25, 0.3) is 0 Å². The van der Waals surface area contributed by atoms with Gasteiger partial charge in [-0.1, -0.05) is 111 Å². The van der Waals surface area contributed by atoms with Crippen LogP contribution >= 0.6 is 15.8 Å². The second kappa shape index (κ2) is 11.0. The fourth-order valence-electron chi connectivity index (χ4n) is 3.75. The van der Waals surface area contributed by atoms with Crippen LogP contribution in [0.15, 0.2) is 120 Å². The fourth-order valence-corrected chi connectivity index (χ4v) is 9.10. The molecule has 0 fully saturated rings. The maximum Gasteiger partial charge on any atom is 0.131 e. The van der Waals surface area contributed by atoms with Crippen molar-refractivity contribution in [2.75, 3.05) is 0 Å². The van der Waals surface area contributed by atoms with Crippen LogP contribution in [-0.2, 0) is 0 Å². The zero-order valence-electron chi connectivity index (χ0n) is 18.7. The van der Waals surface area contributed by atoms with E-state index in [-0.39, 0.29) is 17.6 Å². The Kier molecular flexibility index (Phi) is 7.81. The van der Waals surface area contributed by atoms with Gasteiger partial charge >= 0.3 is 0 Å². The molecule has 4 aromatic carbocycles. The van der Waals surface area contributed by atoms with Crippen LogP contribution in [0.4, 0.5) is 8.78 Å². The monoisotopic (exact) mass is 474 g/mol. The maximum atomic E-state index is 15.1. The number of rotatable bonds is 7. The van der Waals surface area contributed by atoms with Crippen LogP contribution in [0.1, 0.15) is 13.8 Å². The van der Waals surface area contributed by atoms with Crippen LogP contribution in [0.2, 0.25) is 0 Å². The van der Waals surface area contributed by atoms with Crippen molar-refractivity contribution in [3.05, 3.63) is 132 Å². The summed E-state index contributed by atoms with van der Waals surface area (Å²) < 4.78 is 30.2. The summed E-state index contributed by atoms with van der Waals surface area (Å²) in [6, 6.07) is 34.2. The molecule has 166 valence electrons. The third kappa shape index (κ3) is 5.47. The van der Waals surface area contributed by atoms with Crippen molar-refractivity contribution in [3.8, 4) is 0 Å². The number of hydrogen-bond acceptors (Lipinski definition) is 0. The van der Waals surface area contributed by atoms with Gasteiger partial charge in [-0.2, -0.15) is 0 Å². The zero-order chi connectivity index (χ0) is 23.2. The summed E-state index contributed by atoms with van der Waals surface area (Å²) in [4.78, 5) is 0. The molecule has 33 heavy (non-hydrogen) atoms. The second-order valence-corrected chi connectivity index (χ2v) is 12.2. The average Bonchev–Trinajstić information content (AvgIpc) is 2.84. The molecule has 0 spiro atoms. The number of hydrogen-bond donors (Lipinski definition) is 0. The van der Waals surface area contributed by atoms with E-state index in [0.29, 0.717) is 10.6 Å². The number of benzene rings is 4. The standard InChI is InChI=1S/C29H26F2P2/c1-22(2)29(33(24-15-7-4-8-16-24)28-20-12-10-18-26(28)31)21-32(23-13-5-3-6-14-23)27-19-11-9-17-25(27)30/h3-22H,1-2H3/b29-21-. The Labute approximate surface area is 197 Å². The van der Waals surface area contributed by atoms with Gasteiger partial charge in [0.1, 0.15) is 11.6 Å². The van der Waals surface area contributed by atoms with Crippen LogP contribution < -0.4 is 21.2 Å². The van der Waals surface area contributed by atoms with Crippen molar-refractivity contribution >= 4 is 37.1 Å². The smallest absolute Gasteiger partial charge is 0.131 e. The minimum Gasteiger partial charge on any atom is -0.206 e. The lowest BCUT2D eigenvalue weighted by Gasteiger charge is -2.27. The molecule has 0 heterocycles. The summed E-state index contributed by atoms with van der Waals surface area (Å²) in [5.74, 6) is 1.99. The molecule has 0 aliphatic carbocycles. The van der Waals surface area contributed by atoms with Gasteiger partial charge < -0.3 is 0 Å². The van der Waals surface area contributed by atoms with E-state index in [1.807, 2.05) is 60.7 Å². The fraction of sp³-hybridized carbons (Fsp3) is 0.103. The summed E-state index contributed by atoms with van der Waals surface area (Å²) in [5.41, 5.74) is 0. The first kappa shape index (κ1) is 23.5. The average molecular weight is 474 g/mol. The first-order valence-corrected chi connectivity index (χ1v) is 13.7. The molecule has 0 aromatic heterocycles. The summed E-state index contributed by atoms with van der Waals surface area (Å²) in [6.07, 6.45) is 0. The van der Waals surface area contributed by atoms with Crippen molar-refractivity contribution in [3.63, 3.8) is 0 Å². The quantitative estimate of drug-likeness (QED) is 0.252. The SMILES string of the molecule is CC(C)/C(=C/P(c1ccccc1)c1ccccc1F)P(c1ccccc1)c1ccccc1F. The molecule has 4 aromatic rings. The summed E-state index contributed by atoms with van der Waals surface area (Å²) in [5, 5.41) is 4.71. The molecule has 0 saturated heterocycles. The van der Waals surface area contributed by atoms with Crippen LogP contribution in [-0.4, -0.2) is 0 Å². The topological polar surface area (TPSA) is 0 Å². The highest BCUT2D eigenvalue weighted by molar-refractivity contribution is 7.80. The molecule has 0 aliphatic heterocycles. The Hall–Kier alpha value is -2.66. The van der Waals surface area contributed by atoms with Crippen molar-refractivity contribution < 1.29 is 8.78 Å². The maximum absolute atomic E-state index is 15.1. The Bertz CT molecular complexity index is 1220. The Morgan fingerprint density at radius 2 is 1.06 bits per heavy atom. The normalized spacial score (nSPS) is 13.7. The van der Waals surface area contributed by atoms with E-state index in [0.717, 1.165) is 15.9 Å². The van der Waals surface area contributed by atoms with E-state index in [9.17, 15) is 0 Å². The van der Waals surface area contributed by atoms with Gasteiger partial charge in [-0.15, -0.1) is 0 Å². The summed E-state index contributed by atoms with van der Waals surface area (Å²) in [7, 11) is -2.23. The predicted molar refractivity (Wildman–Crippen MR) is 141 cm³/mol. The molecule has 0 saturated carbocycles. The van der Waals surface area contributed by atoms with Gasteiger partial charge in [0, 0.05) is 10.6 Å². The highest BCUT2D eigenvalue weighted by Crippen LogP contribution is 2.52. The van der Waals surface area contributed by atoms with Crippen LogP contribution in [0.3, 0.4) is 0 Å². The minimum absolute atomic E-state index is 0.163. The lowest BCUT2D eigenvalue weighted by molar-refractivity contribution is 0.636. The van der Waals surface area contributed by atoms with Crippen LogP contribution in [0, 0.1) is 17.6 Å². The second-order valence-electron chi connectivity index (χ2n) is 7.99. The van der Waals surface area contributed by atoms with E-state index in [1.54, 1.807) is 12.1 Å². The minimum atomic E-state index is -1.12. The van der Waals surface area contributed by atoms with E-state index >= 15 is 8.78 Å². The summed E-state index contributed by atoms with van der Waals surface area (Å²) >= 11 is 0. The van der Waals surface area contributed by atoms with Crippen molar-refractivity contribution in [1.82, 2.24) is 0 Å². The molecule has 0 nitrogen and oxygen atoms in total. The molecule has 0 aliphatic rings. The van der Waals surface area contributed by atoms with Gasteiger partial charge in [0.15, 0.2) is 0 Å². The lowest BCUT2D eigenvalue weighted by Crippen LogP contribution is -2.19. The Morgan fingerprint density at radius 1 is 0.606 bits per heavy atom. The zero-order valence-corrected chi connectivity index (χ0v) is 20.5. The van der Waals surface area contributed by atoms with Crippen molar-refractivity contribution in [2.24, 2.45) is 5.92 Å². The molecule has 0 amide bonds. The third-order valence-electron chi connectivity index (χ3n) is 5.37. The van der Waals surface area contributed by atoms with Gasteiger partial charge in [-0.3, -0.25) is 0 Å². The van der Waals surface area contributed by atoms with E-state index < -0.39 is 15.8 Å². The predicted octanol–water partition coefficient (Wildman–Crippen LogP) is 7.03. The molecule has 0 N–H and O–H groups in total. The first-order valence-electron chi connectivity index (χ1n) is 11.0. The molecular formula is C29H26F2P2. The van der Waals surface area contributed by atoms with E-state index in [1.165, 1.54) is 12.1 Å². The number of halogens is 2. The summed E-state index contributed by atoms with van der Waals surface area (Å²) in [6.45, 7) is 4.29. The van der Waals surface area contributed by atoms with E-state index in [2.05, 4.69) is 43.9 Å². The lowest BCUT2D eigenvalue weighted by atomic mass is 10.2. The first-order chi connectivity index (χ1) is 16.1. The Balaban J connectivity index is 1.95. The van der Waals surface area contributed by atoms with Gasteiger partial charge in [-0.05, 0) is 55.6 Å². The Morgan fingerprint density at radius 3 is 1.58 bits per heavy atom.